The van der Waals surface area contributed by atoms with Gasteiger partial charge < -0.3 is 19.6 Å². The molecular weight excluding hydrogens is 368 g/mol. The largest absolute Gasteiger partial charge is 0.507 e. The third-order valence-electron chi connectivity index (χ3n) is 5.06. The zero-order valence-electron chi connectivity index (χ0n) is 17.2. The molecule has 1 aliphatic rings. The summed E-state index contributed by atoms with van der Waals surface area (Å²) in [5, 5.41) is 11.0. The summed E-state index contributed by atoms with van der Waals surface area (Å²) >= 11 is 0. The fourth-order valence-electron chi connectivity index (χ4n) is 3.44. The summed E-state index contributed by atoms with van der Waals surface area (Å²) in [4.78, 5) is 29.2. The second kappa shape index (κ2) is 8.49. The number of benzene rings is 2. The molecule has 1 N–H and O–H groups in total. The van der Waals surface area contributed by atoms with E-state index in [0.717, 1.165) is 11.1 Å². The first-order chi connectivity index (χ1) is 13.8. The van der Waals surface area contributed by atoms with Crippen LogP contribution in [0.15, 0.2) is 54.1 Å². The van der Waals surface area contributed by atoms with Crippen molar-refractivity contribution in [2.75, 3.05) is 34.3 Å². The number of nitrogens with zero attached hydrogens (tertiary/aromatic N) is 2. The van der Waals surface area contributed by atoms with Crippen LogP contribution in [-0.2, 0) is 9.59 Å². The maximum absolute atomic E-state index is 12.9. The number of aliphatic hydroxyl groups is 1. The van der Waals surface area contributed by atoms with E-state index in [1.54, 1.807) is 31.4 Å². The van der Waals surface area contributed by atoms with E-state index in [-0.39, 0.29) is 11.3 Å². The Kier molecular flexibility index (Phi) is 6.03. The molecule has 0 saturated carbocycles. The number of carbonyl (C=O) groups is 2. The number of amides is 1. The van der Waals surface area contributed by atoms with Crippen molar-refractivity contribution in [2.24, 2.45) is 0 Å². The first-order valence-electron chi connectivity index (χ1n) is 9.47. The molecule has 1 atom stereocenters. The minimum Gasteiger partial charge on any atom is -0.507 e. The van der Waals surface area contributed by atoms with Gasteiger partial charge in [0.25, 0.3) is 11.7 Å². The van der Waals surface area contributed by atoms with E-state index in [9.17, 15) is 14.7 Å². The van der Waals surface area contributed by atoms with Crippen LogP contribution in [0.2, 0.25) is 0 Å². The Balaban J connectivity index is 2.15. The van der Waals surface area contributed by atoms with Gasteiger partial charge in [-0.15, -0.1) is 0 Å². The number of methoxy groups -OCH3 is 1. The van der Waals surface area contributed by atoms with Gasteiger partial charge in [0.15, 0.2) is 0 Å². The fourth-order valence-corrected chi connectivity index (χ4v) is 3.44. The van der Waals surface area contributed by atoms with Gasteiger partial charge >= 0.3 is 0 Å². The molecule has 0 aliphatic carbocycles. The van der Waals surface area contributed by atoms with Crippen LogP contribution in [-0.4, -0.2) is 60.9 Å². The van der Waals surface area contributed by atoms with Gasteiger partial charge in [0.2, 0.25) is 0 Å². The number of likely N-dealkylation sites (N-methyl/N-ethyl adjacent to an activating group) is 1. The molecule has 3 rings (SSSR count). The van der Waals surface area contributed by atoms with E-state index in [1.807, 2.05) is 50.2 Å². The van der Waals surface area contributed by atoms with Crippen LogP contribution >= 0.6 is 0 Å². The van der Waals surface area contributed by atoms with E-state index in [4.69, 9.17) is 4.74 Å². The number of hydrogen-bond acceptors (Lipinski definition) is 5. The average molecular weight is 394 g/mol. The van der Waals surface area contributed by atoms with Crippen molar-refractivity contribution in [3.63, 3.8) is 0 Å². The molecule has 2 aromatic rings. The molecule has 1 saturated heterocycles. The zero-order chi connectivity index (χ0) is 21.1. The van der Waals surface area contributed by atoms with Crippen LogP contribution in [0.5, 0.6) is 5.75 Å². The van der Waals surface area contributed by atoms with Gasteiger partial charge in [0, 0.05) is 18.7 Å². The topological polar surface area (TPSA) is 70.1 Å². The minimum atomic E-state index is -0.675. The Labute approximate surface area is 171 Å². The van der Waals surface area contributed by atoms with Crippen molar-refractivity contribution in [3.05, 3.63) is 70.8 Å². The number of hydrogen-bond donors (Lipinski definition) is 1. The molecule has 6 nitrogen and oxygen atoms in total. The third kappa shape index (κ3) is 4.17. The highest BCUT2D eigenvalue weighted by molar-refractivity contribution is 6.46. The van der Waals surface area contributed by atoms with Gasteiger partial charge in [-0.05, 0) is 38.7 Å². The maximum Gasteiger partial charge on any atom is 0.295 e. The lowest BCUT2D eigenvalue weighted by atomic mass is 9.95. The Morgan fingerprint density at radius 2 is 1.83 bits per heavy atom. The van der Waals surface area contributed by atoms with Crippen LogP contribution in [0, 0.1) is 6.92 Å². The molecule has 0 spiro atoms. The van der Waals surface area contributed by atoms with Gasteiger partial charge in [-0.25, -0.2) is 0 Å². The van der Waals surface area contributed by atoms with Crippen molar-refractivity contribution < 1.29 is 19.4 Å². The minimum absolute atomic E-state index is 0.103. The Morgan fingerprint density at radius 3 is 2.45 bits per heavy atom. The number of ether oxygens (including phenoxy) is 1. The highest BCUT2D eigenvalue weighted by Gasteiger charge is 2.45. The van der Waals surface area contributed by atoms with Crippen LogP contribution in [0.4, 0.5) is 0 Å². The average Bonchev–Trinajstić information content (AvgIpc) is 2.97. The maximum atomic E-state index is 12.9. The lowest BCUT2D eigenvalue weighted by Gasteiger charge is -2.26. The van der Waals surface area contributed by atoms with Gasteiger partial charge in [-0.3, -0.25) is 9.59 Å². The number of carbonyl (C=O) groups excluding carboxylic acids is 2. The lowest BCUT2D eigenvalue weighted by molar-refractivity contribution is -0.140. The number of ketones is 1. The predicted octanol–water partition coefficient (Wildman–Crippen LogP) is 2.99. The van der Waals surface area contributed by atoms with Crippen molar-refractivity contribution >= 4 is 17.4 Å². The van der Waals surface area contributed by atoms with E-state index >= 15 is 0 Å². The smallest absolute Gasteiger partial charge is 0.295 e. The summed E-state index contributed by atoms with van der Waals surface area (Å²) in [5.41, 5.74) is 2.37. The molecular formula is C23H26N2O4. The Morgan fingerprint density at radius 1 is 1.14 bits per heavy atom. The number of rotatable bonds is 6. The quantitative estimate of drug-likeness (QED) is 0.463. The van der Waals surface area contributed by atoms with Gasteiger partial charge in [-0.1, -0.05) is 42.0 Å². The number of aliphatic hydroxyl groups excluding tert-OH is 1. The van der Waals surface area contributed by atoms with Gasteiger partial charge in [-0.2, -0.15) is 0 Å². The molecule has 0 radical (unpaired) electrons. The van der Waals surface area contributed by atoms with E-state index in [2.05, 4.69) is 0 Å². The van der Waals surface area contributed by atoms with E-state index in [1.165, 1.54) is 4.90 Å². The lowest BCUT2D eigenvalue weighted by Crippen LogP contribution is -2.35. The van der Waals surface area contributed by atoms with Gasteiger partial charge in [0.1, 0.15) is 11.5 Å². The highest BCUT2D eigenvalue weighted by Crippen LogP contribution is 2.40. The number of Topliss-reactive ketones (excluding diaryl/α,β-unsaturated/α-hetero) is 1. The third-order valence-corrected chi connectivity index (χ3v) is 5.06. The van der Waals surface area contributed by atoms with Crippen LogP contribution < -0.4 is 4.74 Å². The molecule has 152 valence electrons. The SMILES string of the molecule is COc1cccc(C2/C(=C(\O)c3ccc(C)cc3)C(=O)C(=O)N2CCN(C)C)c1. The molecule has 1 heterocycles. The van der Waals surface area contributed by atoms with Crippen molar-refractivity contribution in [3.8, 4) is 5.75 Å². The first kappa shape index (κ1) is 20.6. The summed E-state index contributed by atoms with van der Waals surface area (Å²) in [6.07, 6.45) is 0. The van der Waals surface area contributed by atoms with E-state index < -0.39 is 17.7 Å². The molecule has 1 amide bonds. The molecule has 1 fully saturated rings. The normalized spacial score (nSPS) is 18.5. The van der Waals surface area contributed by atoms with Crippen LogP contribution in [0.1, 0.15) is 22.7 Å². The second-order valence-corrected chi connectivity index (χ2v) is 7.44. The highest BCUT2D eigenvalue weighted by atomic mass is 16.5. The summed E-state index contributed by atoms with van der Waals surface area (Å²) in [6.45, 7) is 2.91. The molecule has 29 heavy (non-hydrogen) atoms. The van der Waals surface area contributed by atoms with Crippen LogP contribution in [0.25, 0.3) is 5.76 Å². The summed E-state index contributed by atoms with van der Waals surface area (Å²) in [5.74, 6) is -0.817. The van der Waals surface area contributed by atoms with Crippen LogP contribution in [0.3, 0.4) is 0 Å². The molecule has 0 bridgehead atoms. The monoisotopic (exact) mass is 394 g/mol. The Hall–Kier alpha value is -3.12. The number of likely N-dealkylation sites (tertiary alicyclic amines) is 1. The summed E-state index contributed by atoms with van der Waals surface area (Å²) in [6, 6.07) is 13.8. The zero-order valence-corrected chi connectivity index (χ0v) is 17.2. The first-order valence-corrected chi connectivity index (χ1v) is 9.47. The van der Waals surface area contributed by atoms with E-state index in [0.29, 0.717) is 24.4 Å². The van der Waals surface area contributed by atoms with Gasteiger partial charge in [0.05, 0.1) is 18.7 Å². The molecule has 6 heteroatoms. The van der Waals surface area contributed by atoms with Crippen molar-refractivity contribution in [1.29, 1.82) is 0 Å². The van der Waals surface area contributed by atoms with Crippen molar-refractivity contribution in [2.45, 2.75) is 13.0 Å². The molecule has 0 aromatic heterocycles. The standard InChI is InChI=1S/C23H26N2O4/c1-15-8-10-16(11-9-15)21(26)19-20(17-6-5-7-18(14-17)29-4)25(13-12-24(2)3)23(28)22(19)27/h5-11,14,20,26H,12-13H2,1-4H3/b21-19+. The molecule has 2 aromatic carbocycles. The predicted molar refractivity (Wildman–Crippen MR) is 112 cm³/mol. The molecule has 1 unspecified atom stereocenters. The summed E-state index contributed by atoms with van der Waals surface area (Å²) in [7, 11) is 5.38. The fraction of sp³-hybridized carbons (Fsp3) is 0.304. The Bertz CT molecular complexity index is 948. The second-order valence-electron chi connectivity index (χ2n) is 7.44. The van der Waals surface area contributed by atoms with Crippen molar-refractivity contribution in [1.82, 2.24) is 9.80 Å². The molecule has 1 aliphatic heterocycles. The summed E-state index contributed by atoms with van der Waals surface area (Å²) < 4.78 is 5.32. The number of aryl methyl sites for hydroxylation is 1.